The van der Waals surface area contributed by atoms with Gasteiger partial charge in [-0.3, -0.25) is 9.59 Å². The summed E-state index contributed by atoms with van der Waals surface area (Å²) in [7, 11) is 0. The Hall–Kier alpha value is -3.31. The molecular weight excluding hydrogens is 376 g/mol. The van der Waals surface area contributed by atoms with E-state index in [1.807, 2.05) is 42.5 Å². The molecule has 0 aromatic heterocycles. The standard InChI is InChI=1S/C22H19ClN2O3/c23-18-10-6-16(7-11-18)14-24-21(26)15-25-22(27)17-8-12-20(13-9-17)28-19-4-2-1-3-5-19/h1-13H,14-15H2,(H,24,26)(H,25,27). The van der Waals surface area contributed by atoms with Crippen LogP contribution in [0.4, 0.5) is 0 Å². The first kappa shape index (κ1) is 19.5. The molecule has 0 unspecified atom stereocenters. The molecule has 0 aliphatic heterocycles. The average Bonchev–Trinajstić information content (AvgIpc) is 2.73. The summed E-state index contributed by atoms with van der Waals surface area (Å²) in [4.78, 5) is 24.1. The Bertz CT molecular complexity index is 926. The van der Waals surface area contributed by atoms with Crippen molar-refractivity contribution < 1.29 is 14.3 Å². The normalized spacial score (nSPS) is 10.2. The van der Waals surface area contributed by atoms with Gasteiger partial charge in [0.1, 0.15) is 11.5 Å². The van der Waals surface area contributed by atoms with Crippen molar-refractivity contribution in [3.63, 3.8) is 0 Å². The largest absolute Gasteiger partial charge is 0.457 e. The first-order valence-electron chi connectivity index (χ1n) is 8.72. The van der Waals surface area contributed by atoms with Crippen LogP contribution >= 0.6 is 11.6 Å². The van der Waals surface area contributed by atoms with Gasteiger partial charge in [-0.2, -0.15) is 0 Å². The van der Waals surface area contributed by atoms with E-state index in [1.165, 1.54) is 0 Å². The van der Waals surface area contributed by atoms with Crippen LogP contribution in [0.1, 0.15) is 15.9 Å². The summed E-state index contributed by atoms with van der Waals surface area (Å²) in [5.41, 5.74) is 1.38. The molecule has 3 aromatic rings. The topological polar surface area (TPSA) is 67.4 Å². The molecule has 2 amide bonds. The molecule has 142 valence electrons. The maximum absolute atomic E-state index is 12.2. The lowest BCUT2D eigenvalue weighted by Crippen LogP contribution is -2.36. The fraction of sp³-hybridized carbons (Fsp3) is 0.0909. The highest BCUT2D eigenvalue weighted by Crippen LogP contribution is 2.21. The summed E-state index contributed by atoms with van der Waals surface area (Å²) in [6.45, 7) is 0.270. The average molecular weight is 395 g/mol. The van der Waals surface area contributed by atoms with E-state index >= 15 is 0 Å². The molecule has 0 aliphatic carbocycles. The van der Waals surface area contributed by atoms with Crippen LogP contribution < -0.4 is 15.4 Å². The van der Waals surface area contributed by atoms with Crippen molar-refractivity contribution in [2.45, 2.75) is 6.54 Å². The molecule has 0 spiro atoms. The van der Waals surface area contributed by atoms with Crippen LogP contribution in [0, 0.1) is 0 Å². The van der Waals surface area contributed by atoms with Gasteiger partial charge in [-0.15, -0.1) is 0 Å². The fourth-order valence-corrected chi connectivity index (χ4v) is 2.55. The number of hydrogen-bond donors (Lipinski definition) is 2. The lowest BCUT2D eigenvalue weighted by atomic mass is 10.2. The zero-order valence-corrected chi connectivity index (χ0v) is 15.8. The van der Waals surface area contributed by atoms with Gasteiger partial charge in [0.05, 0.1) is 6.54 Å². The zero-order valence-electron chi connectivity index (χ0n) is 15.0. The van der Waals surface area contributed by atoms with E-state index in [0.717, 1.165) is 11.3 Å². The number of ether oxygens (including phenoxy) is 1. The fourth-order valence-electron chi connectivity index (χ4n) is 2.43. The molecule has 0 saturated carbocycles. The molecule has 0 heterocycles. The summed E-state index contributed by atoms with van der Waals surface area (Å²) >= 11 is 5.82. The molecule has 6 heteroatoms. The zero-order chi connectivity index (χ0) is 19.8. The van der Waals surface area contributed by atoms with Crippen molar-refractivity contribution in [2.75, 3.05) is 6.54 Å². The quantitative estimate of drug-likeness (QED) is 0.631. The van der Waals surface area contributed by atoms with E-state index in [4.69, 9.17) is 16.3 Å². The number of amides is 2. The van der Waals surface area contributed by atoms with Gasteiger partial charge in [0.2, 0.25) is 5.91 Å². The van der Waals surface area contributed by atoms with Crippen molar-refractivity contribution in [3.8, 4) is 11.5 Å². The predicted molar refractivity (Wildman–Crippen MR) is 109 cm³/mol. The molecule has 3 rings (SSSR count). The number of nitrogens with one attached hydrogen (secondary N) is 2. The molecule has 2 N–H and O–H groups in total. The van der Waals surface area contributed by atoms with Crippen LogP contribution in [0.25, 0.3) is 0 Å². The summed E-state index contributed by atoms with van der Waals surface area (Å²) in [6, 6.07) is 23.3. The Kier molecular flexibility index (Phi) is 6.65. The molecule has 0 fully saturated rings. The molecule has 0 aliphatic rings. The maximum atomic E-state index is 12.2. The Morgan fingerprint density at radius 2 is 1.43 bits per heavy atom. The summed E-state index contributed by atoms with van der Waals surface area (Å²) < 4.78 is 5.69. The number of benzene rings is 3. The second-order valence-corrected chi connectivity index (χ2v) is 6.46. The highest BCUT2D eigenvalue weighted by atomic mass is 35.5. The van der Waals surface area contributed by atoms with Gasteiger partial charge in [-0.05, 0) is 54.1 Å². The number of hydrogen-bond acceptors (Lipinski definition) is 3. The second kappa shape index (κ2) is 9.58. The Morgan fingerprint density at radius 1 is 0.786 bits per heavy atom. The smallest absolute Gasteiger partial charge is 0.251 e. The monoisotopic (exact) mass is 394 g/mol. The van der Waals surface area contributed by atoms with Crippen LogP contribution in [0.2, 0.25) is 5.02 Å². The van der Waals surface area contributed by atoms with Crippen molar-refractivity contribution in [3.05, 3.63) is 95.0 Å². The third kappa shape index (κ3) is 5.86. The molecule has 0 bridgehead atoms. The van der Waals surface area contributed by atoms with Crippen molar-refractivity contribution in [1.29, 1.82) is 0 Å². The summed E-state index contributed by atoms with van der Waals surface area (Å²) in [6.07, 6.45) is 0. The van der Waals surface area contributed by atoms with Crippen molar-refractivity contribution >= 4 is 23.4 Å². The second-order valence-electron chi connectivity index (χ2n) is 6.03. The minimum atomic E-state index is -0.326. The number of rotatable bonds is 7. The Morgan fingerprint density at radius 3 is 2.11 bits per heavy atom. The van der Waals surface area contributed by atoms with Gasteiger partial charge < -0.3 is 15.4 Å². The van der Waals surface area contributed by atoms with Crippen LogP contribution in [-0.2, 0) is 11.3 Å². The highest BCUT2D eigenvalue weighted by molar-refractivity contribution is 6.30. The first-order chi connectivity index (χ1) is 13.6. The van der Waals surface area contributed by atoms with Crippen LogP contribution in [0.15, 0.2) is 78.9 Å². The summed E-state index contributed by atoms with van der Waals surface area (Å²) in [5, 5.41) is 5.99. The number of para-hydroxylation sites is 1. The molecule has 0 atom stereocenters. The Balaban J connectivity index is 1.45. The maximum Gasteiger partial charge on any atom is 0.251 e. The van der Waals surface area contributed by atoms with Crippen LogP contribution in [0.3, 0.4) is 0 Å². The third-order valence-corrected chi connectivity index (χ3v) is 4.16. The minimum Gasteiger partial charge on any atom is -0.457 e. The predicted octanol–water partition coefficient (Wildman–Crippen LogP) is 4.18. The first-order valence-corrected chi connectivity index (χ1v) is 9.10. The van der Waals surface area contributed by atoms with E-state index in [-0.39, 0.29) is 18.4 Å². The van der Waals surface area contributed by atoms with Gasteiger partial charge >= 0.3 is 0 Å². The number of carbonyl (C=O) groups is 2. The van der Waals surface area contributed by atoms with Gasteiger partial charge in [0.15, 0.2) is 0 Å². The van der Waals surface area contributed by atoms with Gasteiger partial charge in [-0.25, -0.2) is 0 Å². The number of carbonyl (C=O) groups excluding carboxylic acids is 2. The lowest BCUT2D eigenvalue weighted by molar-refractivity contribution is -0.120. The van der Waals surface area contributed by atoms with Crippen molar-refractivity contribution in [2.24, 2.45) is 0 Å². The van der Waals surface area contributed by atoms with Gasteiger partial charge in [-0.1, -0.05) is 41.9 Å². The van der Waals surface area contributed by atoms with E-state index in [2.05, 4.69) is 10.6 Å². The molecule has 5 nitrogen and oxygen atoms in total. The van der Waals surface area contributed by atoms with E-state index in [0.29, 0.717) is 22.9 Å². The number of halogens is 1. The third-order valence-electron chi connectivity index (χ3n) is 3.91. The molecule has 0 saturated heterocycles. The van der Waals surface area contributed by atoms with Crippen LogP contribution in [0.5, 0.6) is 11.5 Å². The molecular formula is C22H19ClN2O3. The summed E-state index contributed by atoms with van der Waals surface area (Å²) in [5.74, 6) is 0.751. The SMILES string of the molecule is O=C(CNC(=O)c1ccc(Oc2ccccc2)cc1)NCc1ccc(Cl)cc1. The van der Waals surface area contributed by atoms with E-state index in [1.54, 1.807) is 36.4 Å². The van der Waals surface area contributed by atoms with Crippen LogP contribution in [-0.4, -0.2) is 18.4 Å². The Labute approximate surface area is 168 Å². The van der Waals surface area contributed by atoms with E-state index in [9.17, 15) is 9.59 Å². The molecule has 28 heavy (non-hydrogen) atoms. The minimum absolute atomic E-state index is 0.102. The van der Waals surface area contributed by atoms with E-state index < -0.39 is 0 Å². The van der Waals surface area contributed by atoms with Gasteiger partial charge in [0.25, 0.3) is 5.91 Å². The van der Waals surface area contributed by atoms with Gasteiger partial charge in [0, 0.05) is 17.1 Å². The highest BCUT2D eigenvalue weighted by Gasteiger charge is 2.08. The lowest BCUT2D eigenvalue weighted by Gasteiger charge is -2.08. The molecule has 3 aromatic carbocycles. The molecule has 0 radical (unpaired) electrons. The van der Waals surface area contributed by atoms with Crippen molar-refractivity contribution in [1.82, 2.24) is 10.6 Å².